The van der Waals surface area contributed by atoms with E-state index in [1.165, 1.54) is 57.8 Å². The minimum absolute atomic E-state index is 0.265. The summed E-state index contributed by atoms with van der Waals surface area (Å²) in [7, 11) is 0. The number of hydrogen-bond acceptors (Lipinski definition) is 2. The first-order valence-electron chi connectivity index (χ1n) is 6.90. The SMILES string of the molecule is CCCCCCCCCCC(C)(C)SC(=S)S. The average Bonchev–Trinajstić information content (AvgIpc) is 2.20. The van der Waals surface area contributed by atoms with Gasteiger partial charge in [-0.1, -0.05) is 84.4 Å². The van der Waals surface area contributed by atoms with Gasteiger partial charge in [0.2, 0.25) is 0 Å². The Morgan fingerprint density at radius 2 is 1.47 bits per heavy atom. The Bertz CT molecular complexity index is 200. The number of thiocarbonyl (C=S) groups is 1. The minimum atomic E-state index is 0.265. The fourth-order valence-corrected chi connectivity index (χ4v) is 4.11. The third-order valence-electron chi connectivity index (χ3n) is 3.00. The van der Waals surface area contributed by atoms with E-state index < -0.39 is 0 Å². The van der Waals surface area contributed by atoms with Crippen LogP contribution in [0.2, 0.25) is 0 Å². The van der Waals surface area contributed by atoms with Gasteiger partial charge in [0, 0.05) is 4.75 Å². The first-order valence-corrected chi connectivity index (χ1v) is 8.57. The van der Waals surface area contributed by atoms with Crippen LogP contribution < -0.4 is 0 Å². The Kier molecular flexibility index (Phi) is 11.2. The number of hydrogen-bond donors (Lipinski definition) is 1. The summed E-state index contributed by atoms with van der Waals surface area (Å²) in [6, 6.07) is 0. The van der Waals surface area contributed by atoms with Gasteiger partial charge < -0.3 is 0 Å². The molecule has 0 amide bonds. The Balaban J connectivity index is 3.35. The largest absolute Gasteiger partial charge is 0.125 e. The van der Waals surface area contributed by atoms with Crippen LogP contribution in [0, 0.1) is 0 Å². The minimum Gasteiger partial charge on any atom is -0.125 e. The van der Waals surface area contributed by atoms with Crippen molar-refractivity contribution in [3.63, 3.8) is 0 Å². The number of unbranched alkanes of at least 4 members (excludes halogenated alkanes) is 7. The maximum absolute atomic E-state index is 5.03. The Hall–Kier alpha value is 0.790. The molecule has 0 bridgehead atoms. The molecule has 0 nitrogen and oxygen atoms in total. The lowest BCUT2D eigenvalue weighted by molar-refractivity contribution is 0.533. The lowest BCUT2D eigenvalue weighted by Gasteiger charge is -2.22. The maximum atomic E-state index is 5.03. The van der Waals surface area contributed by atoms with Crippen molar-refractivity contribution in [1.29, 1.82) is 0 Å². The molecule has 0 fully saturated rings. The van der Waals surface area contributed by atoms with Crippen molar-refractivity contribution in [3.05, 3.63) is 0 Å². The zero-order valence-electron chi connectivity index (χ0n) is 11.6. The van der Waals surface area contributed by atoms with Gasteiger partial charge in [-0.2, -0.15) is 0 Å². The second-order valence-corrected chi connectivity index (χ2v) is 8.79. The Morgan fingerprint density at radius 3 is 1.94 bits per heavy atom. The van der Waals surface area contributed by atoms with E-state index in [0.717, 1.165) is 3.53 Å². The lowest BCUT2D eigenvalue weighted by Crippen LogP contribution is -2.15. The third-order valence-corrected chi connectivity index (χ3v) is 4.45. The van der Waals surface area contributed by atoms with E-state index >= 15 is 0 Å². The first kappa shape index (κ1) is 17.8. The van der Waals surface area contributed by atoms with Crippen molar-refractivity contribution in [2.45, 2.75) is 83.3 Å². The average molecular weight is 293 g/mol. The highest BCUT2D eigenvalue weighted by molar-refractivity contribution is 8.42. The second-order valence-electron chi connectivity index (χ2n) is 5.35. The monoisotopic (exact) mass is 292 g/mol. The van der Waals surface area contributed by atoms with Gasteiger partial charge in [0.1, 0.15) is 3.53 Å². The predicted molar refractivity (Wildman–Crippen MR) is 90.5 cm³/mol. The van der Waals surface area contributed by atoms with Gasteiger partial charge >= 0.3 is 0 Å². The first-order chi connectivity index (χ1) is 7.98. The molecule has 0 atom stereocenters. The van der Waals surface area contributed by atoms with Crippen LogP contribution in [0.3, 0.4) is 0 Å². The third kappa shape index (κ3) is 13.0. The molecule has 0 N–H and O–H groups in total. The van der Waals surface area contributed by atoms with Crippen LogP contribution in [0.4, 0.5) is 0 Å². The van der Waals surface area contributed by atoms with Crippen LogP contribution in [0.25, 0.3) is 0 Å². The van der Waals surface area contributed by atoms with Crippen LogP contribution in [0.5, 0.6) is 0 Å². The van der Waals surface area contributed by atoms with Gasteiger partial charge in [-0.15, -0.1) is 24.4 Å². The van der Waals surface area contributed by atoms with E-state index in [-0.39, 0.29) is 4.75 Å². The molecule has 0 aliphatic rings. The number of thioether (sulfide) groups is 1. The quantitative estimate of drug-likeness (QED) is 0.287. The van der Waals surface area contributed by atoms with Gasteiger partial charge in [0.05, 0.1) is 0 Å². The Labute approximate surface area is 123 Å². The molecule has 3 heteroatoms. The topological polar surface area (TPSA) is 0 Å². The molecule has 0 aliphatic heterocycles. The zero-order valence-corrected chi connectivity index (χ0v) is 14.2. The molecule has 0 aromatic carbocycles. The second kappa shape index (κ2) is 10.7. The summed E-state index contributed by atoms with van der Waals surface area (Å²) < 4.78 is 1.04. The van der Waals surface area contributed by atoms with Gasteiger partial charge in [0.25, 0.3) is 0 Å². The highest BCUT2D eigenvalue weighted by Gasteiger charge is 2.18. The summed E-state index contributed by atoms with van der Waals surface area (Å²) >= 11 is 11.0. The zero-order chi connectivity index (χ0) is 13.1. The van der Waals surface area contributed by atoms with Crippen LogP contribution in [-0.4, -0.2) is 8.28 Å². The smallest absolute Gasteiger partial charge is 0.101 e. The molecule has 102 valence electrons. The summed E-state index contributed by atoms with van der Waals surface area (Å²) in [6.07, 6.45) is 12.3. The number of thiol groups is 1. The standard InChI is InChI=1S/C14H28S3/c1-4-5-6-7-8-9-10-11-12-14(2,3)17-13(15)16/h4-12H2,1-3H3,(H,15,16). The maximum Gasteiger partial charge on any atom is 0.101 e. The van der Waals surface area contributed by atoms with Gasteiger partial charge in [-0.25, -0.2) is 0 Å². The predicted octanol–water partition coefficient (Wildman–Crippen LogP) is 6.24. The highest BCUT2D eigenvalue weighted by Crippen LogP contribution is 2.32. The van der Waals surface area contributed by atoms with Gasteiger partial charge in [-0.3, -0.25) is 0 Å². The van der Waals surface area contributed by atoms with Gasteiger partial charge in [-0.05, 0) is 6.42 Å². The molecule has 0 aromatic rings. The fraction of sp³-hybridized carbons (Fsp3) is 0.929. The molecule has 17 heavy (non-hydrogen) atoms. The summed E-state index contributed by atoms with van der Waals surface area (Å²) in [4.78, 5) is 0. The molecular weight excluding hydrogens is 264 g/mol. The van der Waals surface area contributed by atoms with E-state index in [0.29, 0.717) is 0 Å². The molecule has 0 aliphatic carbocycles. The van der Waals surface area contributed by atoms with Crippen molar-refractivity contribution in [3.8, 4) is 0 Å². The number of rotatable bonds is 10. The molecule has 0 radical (unpaired) electrons. The van der Waals surface area contributed by atoms with E-state index in [1.807, 2.05) is 0 Å². The molecular formula is C14H28S3. The van der Waals surface area contributed by atoms with Crippen LogP contribution >= 0.6 is 36.6 Å². The molecule has 0 saturated heterocycles. The van der Waals surface area contributed by atoms with Crippen LogP contribution in [-0.2, 0) is 0 Å². The van der Waals surface area contributed by atoms with Crippen molar-refractivity contribution in [2.75, 3.05) is 0 Å². The van der Waals surface area contributed by atoms with Crippen molar-refractivity contribution >= 4 is 40.1 Å². The normalized spacial score (nSPS) is 11.8. The van der Waals surface area contributed by atoms with E-state index in [1.54, 1.807) is 11.8 Å². The summed E-state index contributed by atoms with van der Waals surface area (Å²) in [6.45, 7) is 6.80. The van der Waals surface area contributed by atoms with Crippen LogP contribution in [0.15, 0.2) is 0 Å². The van der Waals surface area contributed by atoms with E-state index in [2.05, 4.69) is 33.4 Å². The molecule has 0 unspecified atom stereocenters. The van der Waals surface area contributed by atoms with Crippen molar-refractivity contribution in [1.82, 2.24) is 0 Å². The summed E-state index contributed by atoms with van der Waals surface area (Å²) in [5.74, 6) is 0. The van der Waals surface area contributed by atoms with Gasteiger partial charge in [0.15, 0.2) is 0 Å². The molecule has 0 heterocycles. The molecule has 0 spiro atoms. The molecule has 0 saturated carbocycles. The lowest BCUT2D eigenvalue weighted by atomic mass is 10.0. The van der Waals surface area contributed by atoms with E-state index in [9.17, 15) is 0 Å². The fourth-order valence-electron chi connectivity index (χ4n) is 1.97. The van der Waals surface area contributed by atoms with Crippen molar-refractivity contribution in [2.24, 2.45) is 0 Å². The Morgan fingerprint density at radius 1 is 1.00 bits per heavy atom. The molecule has 0 rings (SSSR count). The van der Waals surface area contributed by atoms with E-state index in [4.69, 9.17) is 12.2 Å². The summed E-state index contributed by atoms with van der Waals surface area (Å²) in [5.41, 5.74) is 0. The van der Waals surface area contributed by atoms with Crippen LogP contribution in [0.1, 0.15) is 78.6 Å². The molecule has 0 aromatic heterocycles. The summed E-state index contributed by atoms with van der Waals surface area (Å²) in [5, 5.41) is 0. The van der Waals surface area contributed by atoms with Crippen molar-refractivity contribution < 1.29 is 0 Å². The highest BCUT2D eigenvalue weighted by atomic mass is 32.2.